The molecule has 0 unspecified atom stereocenters. The lowest BCUT2D eigenvalue weighted by Crippen LogP contribution is -2.13. The Morgan fingerprint density at radius 1 is 1.15 bits per heavy atom. The Morgan fingerprint density at radius 3 is 2.55 bits per heavy atom. The Balaban J connectivity index is 1.95. The van der Waals surface area contributed by atoms with Gasteiger partial charge in [-0.05, 0) is 76.9 Å². The smallest absolute Gasteiger partial charge is 0.161 e. The third kappa shape index (κ3) is 4.41. The lowest BCUT2D eigenvalue weighted by molar-refractivity contribution is 0.200. The maximum Gasteiger partial charge on any atom is 0.161 e. The van der Waals surface area contributed by atoms with Crippen molar-refractivity contribution < 1.29 is 9.47 Å². The van der Waals surface area contributed by atoms with Crippen molar-refractivity contribution in [2.24, 2.45) is 0 Å². The second-order valence-corrected chi connectivity index (χ2v) is 5.92. The van der Waals surface area contributed by atoms with Gasteiger partial charge in [0.15, 0.2) is 11.5 Å². The molecule has 0 N–H and O–H groups in total. The molecule has 1 fully saturated rings. The molecular formula is C17H27NO2. The van der Waals surface area contributed by atoms with Gasteiger partial charge in [0.05, 0.1) is 13.2 Å². The van der Waals surface area contributed by atoms with Gasteiger partial charge >= 0.3 is 0 Å². The molecule has 1 aromatic carbocycles. The van der Waals surface area contributed by atoms with Gasteiger partial charge in [-0.1, -0.05) is 6.07 Å². The molecule has 0 bridgehead atoms. The molecule has 0 amide bonds. The maximum absolute atomic E-state index is 6.06. The van der Waals surface area contributed by atoms with Gasteiger partial charge in [0, 0.05) is 0 Å². The minimum Gasteiger partial charge on any atom is -0.493 e. The summed E-state index contributed by atoms with van der Waals surface area (Å²) < 4.78 is 11.6. The first-order valence-corrected chi connectivity index (χ1v) is 7.67. The Bertz CT molecular complexity index is 411. The lowest BCUT2D eigenvalue weighted by Gasteiger charge is -2.17. The number of hydrogen-bond acceptors (Lipinski definition) is 3. The van der Waals surface area contributed by atoms with Crippen molar-refractivity contribution in [2.75, 3.05) is 27.7 Å². The van der Waals surface area contributed by atoms with E-state index in [-0.39, 0.29) is 0 Å². The predicted octanol–water partition coefficient (Wildman–Crippen LogP) is 3.51. The van der Waals surface area contributed by atoms with E-state index < -0.39 is 0 Å². The third-order valence-electron chi connectivity index (χ3n) is 3.89. The van der Waals surface area contributed by atoms with Gasteiger partial charge in [-0.2, -0.15) is 0 Å². The molecule has 112 valence electrons. The van der Waals surface area contributed by atoms with Gasteiger partial charge < -0.3 is 14.4 Å². The molecule has 1 aromatic rings. The Labute approximate surface area is 122 Å². The van der Waals surface area contributed by atoms with Crippen molar-refractivity contribution in [3.05, 3.63) is 23.8 Å². The van der Waals surface area contributed by atoms with Crippen LogP contribution in [0.3, 0.4) is 0 Å². The second kappa shape index (κ2) is 7.53. The summed E-state index contributed by atoms with van der Waals surface area (Å²) in [4.78, 5) is 2.22. The van der Waals surface area contributed by atoms with Crippen LogP contribution in [0, 0.1) is 0 Å². The molecule has 1 aliphatic carbocycles. The van der Waals surface area contributed by atoms with Crippen LogP contribution < -0.4 is 9.47 Å². The first-order chi connectivity index (χ1) is 9.69. The van der Waals surface area contributed by atoms with E-state index in [1.54, 1.807) is 7.11 Å². The molecule has 1 saturated carbocycles. The Morgan fingerprint density at radius 2 is 1.90 bits per heavy atom. The number of rotatable bonds is 7. The highest BCUT2D eigenvalue weighted by Gasteiger charge is 2.18. The van der Waals surface area contributed by atoms with Crippen molar-refractivity contribution in [3.8, 4) is 11.5 Å². The van der Waals surface area contributed by atoms with Crippen LogP contribution in [-0.2, 0) is 6.42 Å². The molecule has 0 atom stereocenters. The average Bonchev–Trinajstić information content (AvgIpc) is 2.93. The molecule has 0 aliphatic heterocycles. The zero-order chi connectivity index (χ0) is 14.4. The van der Waals surface area contributed by atoms with Crippen LogP contribution in [0.2, 0.25) is 0 Å². The number of ether oxygens (including phenoxy) is 2. The lowest BCUT2D eigenvalue weighted by atomic mass is 10.1. The van der Waals surface area contributed by atoms with Crippen LogP contribution in [0.15, 0.2) is 18.2 Å². The Kier molecular flexibility index (Phi) is 5.72. The summed E-state index contributed by atoms with van der Waals surface area (Å²) >= 11 is 0. The van der Waals surface area contributed by atoms with E-state index >= 15 is 0 Å². The van der Waals surface area contributed by atoms with E-state index in [1.165, 1.54) is 37.7 Å². The molecule has 1 aliphatic rings. The summed E-state index contributed by atoms with van der Waals surface area (Å²) in [5, 5.41) is 0. The van der Waals surface area contributed by atoms with Crippen molar-refractivity contribution in [3.63, 3.8) is 0 Å². The van der Waals surface area contributed by atoms with Gasteiger partial charge in [-0.15, -0.1) is 0 Å². The first kappa shape index (κ1) is 15.2. The zero-order valence-electron chi connectivity index (χ0n) is 13.0. The molecule has 0 radical (unpaired) electrons. The monoisotopic (exact) mass is 277 g/mol. The summed E-state index contributed by atoms with van der Waals surface area (Å²) in [5.74, 6) is 1.77. The van der Waals surface area contributed by atoms with Crippen LogP contribution in [-0.4, -0.2) is 38.8 Å². The minimum atomic E-state index is 0.378. The molecule has 0 heterocycles. The zero-order valence-corrected chi connectivity index (χ0v) is 13.0. The fraction of sp³-hybridized carbons (Fsp3) is 0.647. The van der Waals surface area contributed by atoms with E-state index in [2.05, 4.69) is 37.2 Å². The summed E-state index contributed by atoms with van der Waals surface area (Å²) in [5.41, 5.74) is 1.32. The van der Waals surface area contributed by atoms with E-state index in [1.807, 2.05) is 0 Å². The van der Waals surface area contributed by atoms with Crippen LogP contribution in [0.25, 0.3) is 0 Å². The summed E-state index contributed by atoms with van der Waals surface area (Å²) in [6.07, 6.45) is 7.55. The van der Waals surface area contributed by atoms with Crippen molar-refractivity contribution >= 4 is 0 Å². The summed E-state index contributed by atoms with van der Waals surface area (Å²) in [7, 11) is 5.94. The molecule has 3 nitrogen and oxygen atoms in total. The summed E-state index contributed by atoms with van der Waals surface area (Å²) in [6.45, 7) is 1.11. The number of nitrogens with zero attached hydrogens (tertiary/aromatic N) is 1. The maximum atomic E-state index is 6.06. The highest BCUT2D eigenvalue weighted by atomic mass is 16.5. The van der Waals surface area contributed by atoms with Crippen LogP contribution in [0.4, 0.5) is 0 Å². The van der Waals surface area contributed by atoms with Gasteiger partial charge in [-0.3, -0.25) is 0 Å². The topological polar surface area (TPSA) is 21.7 Å². The predicted molar refractivity (Wildman–Crippen MR) is 82.8 cm³/mol. The summed E-state index contributed by atoms with van der Waals surface area (Å²) in [6, 6.07) is 6.37. The highest BCUT2D eigenvalue weighted by Crippen LogP contribution is 2.32. The van der Waals surface area contributed by atoms with E-state index in [4.69, 9.17) is 9.47 Å². The van der Waals surface area contributed by atoms with Crippen molar-refractivity contribution in [2.45, 2.75) is 44.6 Å². The SMILES string of the molecule is COc1cc(CCCN(C)C)ccc1OC1CCCC1. The number of methoxy groups -OCH3 is 1. The van der Waals surface area contributed by atoms with E-state index in [9.17, 15) is 0 Å². The van der Waals surface area contributed by atoms with E-state index in [0.717, 1.165) is 24.5 Å². The van der Waals surface area contributed by atoms with Gasteiger partial charge in [0.2, 0.25) is 0 Å². The average molecular weight is 277 g/mol. The van der Waals surface area contributed by atoms with Crippen molar-refractivity contribution in [1.82, 2.24) is 4.90 Å². The van der Waals surface area contributed by atoms with E-state index in [0.29, 0.717) is 6.10 Å². The fourth-order valence-electron chi connectivity index (χ4n) is 2.75. The first-order valence-electron chi connectivity index (χ1n) is 7.67. The second-order valence-electron chi connectivity index (χ2n) is 5.92. The third-order valence-corrected chi connectivity index (χ3v) is 3.89. The molecule has 0 spiro atoms. The standard InChI is InChI=1S/C17H27NO2/c1-18(2)12-6-7-14-10-11-16(17(13-14)19-3)20-15-8-4-5-9-15/h10-11,13,15H,4-9,12H2,1-3H3. The van der Waals surface area contributed by atoms with Crippen LogP contribution >= 0.6 is 0 Å². The number of aryl methyl sites for hydroxylation is 1. The normalized spacial score (nSPS) is 15.8. The molecule has 0 saturated heterocycles. The van der Waals surface area contributed by atoms with Gasteiger partial charge in [0.25, 0.3) is 0 Å². The van der Waals surface area contributed by atoms with Gasteiger partial charge in [0.1, 0.15) is 0 Å². The Hall–Kier alpha value is -1.22. The minimum absolute atomic E-state index is 0.378. The molecular weight excluding hydrogens is 250 g/mol. The van der Waals surface area contributed by atoms with Crippen molar-refractivity contribution in [1.29, 1.82) is 0 Å². The van der Waals surface area contributed by atoms with Crippen LogP contribution in [0.5, 0.6) is 11.5 Å². The quantitative estimate of drug-likeness (QED) is 0.761. The largest absolute Gasteiger partial charge is 0.493 e. The molecule has 0 aromatic heterocycles. The highest BCUT2D eigenvalue weighted by molar-refractivity contribution is 5.43. The molecule has 2 rings (SSSR count). The van der Waals surface area contributed by atoms with Gasteiger partial charge in [-0.25, -0.2) is 0 Å². The van der Waals surface area contributed by atoms with Crippen LogP contribution in [0.1, 0.15) is 37.7 Å². The molecule has 20 heavy (non-hydrogen) atoms. The fourth-order valence-corrected chi connectivity index (χ4v) is 2.75. The number of benzene rings is 1. The molecule has 3 heteroatoms. The number of hydrogen-bond donors (Lipinski definition) is 0.